The van der Waals surface area contributed by atoms with E-state index in [-0.39, 0.29) is 24.0 Å². The molecule has 0 saturated carbocycles. The van der Waals surface area contributed by atoms with Crippen LogP contribution in [-0.4, -0.2) is 36.6 Å². The number of ketones is 2. The maximum atomic E-state index is 11.1. The zero-order valence-electron chi connectivity index (χ0n) is 7.55. The van der Waals surface area contributed by atoms with Gasteiger partial charge in [0.2, 0.25) is 0 Å². The minimum atomic E-state index is -0.154. The van der Waals surface area contributed by atoms with E-state index >= 15 is 0 Å². The number of hydrogen-bond donors (Lipinski definition) is 0. The molecule has 0 rings (SSSR count). The van der Waals surface area contributed by atoms with Crippen LogP contribution in [0.4, 0.5) is 0 Å². The average molecular weight is 157 g/mol. The van der Waals surface area contributed by atoms with Crippen molar-refractivity contribution in [1.29, 1.82) is 0 Å². The SMILES string of the molecule is CC(=O)CC(=O)C(C)N(C)C. The highest BCUT2D eigenvalue weighted by Crippen LogP contribution is 1.97. The molecule has 0 spiro atoms. The largest absolute Gasteiger partial charge is 0.300 e. The van der Waals surface area contributed by atoms with Gasteiger partial charge in [0.1, 0.15) is 5.78 Å². The van der Waals surface area contributed by atoms with Gasteiger partial charge in [-0.05, 0) is 27.9 Å². The Morgan fingerprint density at radius 3 is 2.09 bits per heavy atom. The van der Waals surface area contributed by atoms with Gasteiger partial charge >= 0.3 is 0 Å². The van der Waals surface area contributed by atoms with Crippen molar-refractivity contribution in [2.75, 3.05) is 14.1 Å². The highest BCUT2D eigenvalue weighted by atomic mass is 16.1. The van der Waals surface area contributed by atoms with Crippen molar-refractivity contribution < 1.29 is 9.59 Å². The molecule has 0 amide bonds. The van der Waals surface area contributed by atoms with Crippen LogP contribution in [0.15, 0.2) is 0 Å². The van der Waals surface area contributed by atoms with E-state index < -0.39 is 0 Å². The Morgan fingerprint density at radius 2 is 1.82 bits per heavy atom. The Labute approximate surface area is 67.4 Å². The molecular weight excluding hydrogens is 142 g/mol. The molecule has 0 aromatic rings. The Hall–Kier alpha value is -0.700. The van der Waals surface area contributed by atoms with E-state index in [1.54, 1.807) is 11.8 Å². The Morgan fingerprint density at radius 1 is 1.36 bits per heavy atom. The fourth-order valence-corrected chi connectivity index (χ4v) is 0.681. The van der Waals surface area contributed by atoms with E-state index in [0.717, 1.165) is 0 Å². The summed E-state index contributed by atoms with van der Waals surface area (Å²) in [6, 6.07) is -0.154. The zero-order valence-corrected chi connectivity index (χ0v) is 7.55. The monoisotopic (exact) mass is 157 g/mol. The molecule has 1 unspecified atom stereocenters. The van der Waals surface area contributed by atoms with E-state index in [4.69, 9.17) is 0 Å². The van der Waals surface area contributed by atoms with E-state index in [2.05, 4.69) is 0 Å². The van der Waals surface area contributed by atoms with Gasteiger partial charge in [-0.15, -0.1) is 0 Å². The summed E-state index contributed by atoms with van der Waals surface area (Å²) in [5.74, 6) is -0.0776. The third-order valence-corrected chi connectivity index (χ3v) is 1.66. The summed E-state index contributed by atoms with van der Waals surface area (Å²) in [5.41, 5.74) is 0. The number of carbonyl (C=O) groups excluding carboxylic acids is 2. The smallest absolute Gasteiger partial charge is 0.156 e. The molecule has 3 nitrogen and oxygen atoms in total. The number of carbonyl (C=O) groups is 2. The summed E-state index contributed by atoms with van der Waals surface area (Å²) >= 11 is 0. The molecule has 0 heterocycles. The van der Waals surface area contributed by atoms with Crippen LogP contribution >= 0.6 is 0 Å². The fourth-order valence-electron chi connectivity index (χ4n) is 0.681. The van der Waals surface area contributed by atoms with Gasteiger partial charge in [0.05, 0.1) is 12.5 Å². The van der Waals surface area contributed by atoms with Gasteiger partial charge in [-0.1, -0.05) is 0 Å². The van der Waals surface area contributed by atoms with Crippen molar-refractivity contribution in [3.8, 4) is 0 Å². The maximum Gasteiger partial charge on any atom is 0.156 e. The van der Waals surface area contributed by atoms with Crippen LogP contribution in [0, 0.1) is 0 Å². The highest BCUT2D eigenvalue weighted by Gasteiger charge is 2.15. The van der Waals surface area contributed by atoms with E-state index in [0.29, 0.717) is 0 Å². The summed E-state index contributed by atoms with van der Waals surface area (Å²) in [5, 5.41) is 0. The van der Waals surface area contributed by atoms with E-state index in [1.165, 1.54) is 6.92 Å². The van der Waals surface area contributed by atoms with Crippen LogP contribution in [-0.2, 0) is 9.59 Å². The molecule has 1 atom stereocenters. The first-order chi connectivity index (χ1) is 4.95. The van der Waals surface area contributed by atoms with E-state index in [1.807, 2.05) is 14.1 Å². The van der Waals surface area contributed by atoms with Gasteiger partial charge < -0.3 is 0 Å². The van der Waals surface area contributed by atoms with Gasteiger partial charge in [-0.3, -0.25) is 14.5 Å². The molecule has 0 bridgehead atoms. The molecule has 0 aromatic heterocycles. The molecule has 3 heteroatoms. The number of hydrogen-bond acceptors (Lipinski definition) is 3. The van der Waals surface area contributed by atoms with Gasteiger partial charge in [0, 0.05) is 0 Å². The third kappa shape index (κ3) is 3.88. The van der Waals surface area contributed by atoms with Gasteiger partial charge in [0.15, 0.2) is 5.78 Å². The van der Waals surface area contributed by atoms with Gasteiger partial charge in [0.25, 0.3) is 0 Å². The van der Waals surface area contributed by atoms with Crippen molar-refractivity contribution >= 4 is 11.6 Å². The number of Topliss-reactive ketones (excluding diaryl/α,β-unsaturated/α-hetero) is 2. The van der Waals surface area contributed by atoms with Crippen LogP contribution in [0.5, 0.6) is 0 Å². The molecule has 0 saturated heterocycles. The Bertz CT molecular complexity index is 163. The van der Waals surface area contributed by atoms with Crippen molar-refractivity contribution in [3.63, 3.8) is 0 Å². The molecule has 0 aromatic carbocycles. The molecule has 11 heavy (non-hydrogen) atoms. The number of rotatable bonds is 4. The zero-order chi connectivity index (χ0) is 9.02. The second kappa shape index (κ2) is 4.23. The lowest BCUT2D eigenvalue weighted by atomic mass is 10.1. The summed E-state index contributed by atoms with van der Waals surface area (Å²) in [4.78, 5) is 23.5. The van der Waals surface area contributed by atoms with Crippen molar-refractivity contribution in [1.82, 2.24) is 4.90 Å². The van der Waals surface area contributed by atoms with Crippen LogP contribution < -0.4 is 0 Å². The van der Waals surface area contributed by atoms with Crippen LogP contribution in [0.2, 0.25) is 0 Å². The first kappa shape index (κ1) is 10.3. The highest BCUT2D eigenvalue weighted by molar-refractivity contribution is 6.00. The quantitative estimate of drug-likeness (QED) is 0.557. The third-order valence-electron chi connectivity index (χ3n) is 1.66. The molecule has 0 aliphatic rings. The Kier molecular flexibility index (Phi) is 3.97. The van der Waals surface area contributed by atoms with Crippen LogP contribution in [0.25, 0.3) is 0 Å². The molecular formula is C8H15NO2. The molecule has 0 radical (unpaired) electrons. The molecule has 0 aliphatic carbocycles. The summed E-state index contributed by atoms with van der Waals surface area (Å²) in [6.07, 6.45) is 0.0549. The number of nitrogens with zero attached hydrogens (tertiary/aromatic N) is 1. The Balaban J connectivity index is 3.93. The fraction of sp³-hybridized carbons (Fsp3) is 0.750. The van der Waals surface area contributed by atoms with Crippen molar-refractivity contribution in [2.45, 2.75) is 26.3 Å². The van der Waals surface area contributed by atoms with Crippen LogP contribution in [0.3, 0.4) is 0 Å². The summed E-state index contributed by atoms with van der Waals surface area (Å²) < 4.78 is 0. The van der Waals surface area contributed by atoms with Crippen molar-refractivity contribution in [3.05, 3.63) is 0 Å². The number of likely N-dealkylation sites (N-methyl/N-ethyl adjacent to an activating group) is 1. The summed E-state index contributed by atoms with van der Waals surface area (Å²) in [6.45, 7) is 3.23. The van der Waals surface area contributed by atoms with Gasteiger partial charge in [-0.25, -0.2) is 0 Å². The van der Waals surface area contributed by atoms with E-state index in [9.17, 15) is 9.59 Å². The molecule has 64 valence electrons. The van der Waals surface area contributed by atoms with Gasteiger partial charge in [-0.2, -0.15) is 0 Å². The predicted molar refractivity (Wildman–Crippen MR) is 43.5 cm³/mol. The molecule has 0 aliphatic heterocycles. The lowest BCUT2D eigenvalue weighted by Gasteiger charge is -2.17. The molecule has 0 N–H and O–H groups in total. The average Bonchev–Trinajstić information content (AvgIpc) is 1.84. The van der Waals surface area contributed by atoms with Crippen LogP contribution in [0.1, 0.15) is 20.3 Å². The minimum absolute atomic E-state index is 0.0116. The van der Waals surface area contributed by atoms with Crippen molar-refractivity contribution in [2.24, 2.45) is 0 Å². The second-order valence-electron chi connectivity index (χ2n) is 2.98. The first-order valence-corrected chi connectivity index (χ1v) is 3.63. The second-order valence-corrected chi connectivity index (χ2v) is 2.98. The maximum absolute atomic E-state index is 11.1. The first-order valence-electron chi connectivity index (χ1n) is 3.63. The topological polar surface area (TPSA) is 37.4 Å². The lowest BCUT2D eigenvalue weighted by molar-refractivity contribution is -0.128. The minimum Gasteiger partial charge on any atom is -0.300 e. The standard InChI is InChI=1S/C8H15NO2/c1-6(10)5-8(11)7(2)9(3)4/h7H,5H2,1-4H3. The molecule has 0 fully saturated rings. The predicted octanol–water partition coefficient (Wildman–Crippen LogP) is 0.485. The normalized spacial score (nSPS) is 13.2. The summed E-state index contributed by atoms with van der Waals surface area (Å²) in [7, 11) is 3.64. The lowest BCUT2D eigenvalue weighted by Crippen LogP contribution is -2.33.